The molecule has 0 spiro atoms. The zero-order valence-electron chi connectivity index (χ0n) is 18.5. The SMILES string of the molecule is CC[C@H]1C(C)C(C(F)(F)F)=NN1c1ccc(OC2CCN(c3cncc(C)n3)CC2)cc1. The summed E-state index contributed by atoms with van der Waals surface area (Å²) in [5.74, 6) is 0.930. The van der Waals surface area contributed by atoms with E-state index < -0.39 is 17.8 Å². The van der Waals surface area contributed by atoms with E-state index in [0.717, 1.165) is 37.4 Å². The summed E-state index contributed by atoms with van der Waals surface area (Å²) in [7, 11) is 0. The first-order valence-electron chi connectivity index (χ1n) is 11.0. The van der Waals surface area contributed by atoms with Crippen molar-refractivity contribution in [1.29, 1.82) is 0 Å². The van der Waals surface area contributed by atoms with Crippen molar-refractivity contribution in [2.45, 2.75) is 58.4 Å². The van der Waals surface area contributed by atoms with Crippen molar-refractivity contribution >= 4 is 17.2 Å². The van der Waals surface area contributed by atoms with Crippen molar-refractivity contribution < 1.29 is 17.9 Å². The maximum atomic E-state index is 13.3. The third kappa shape index (κ3) is 4.66. The van der Waals surface area contributed by atoms with Gasteiger partial charge in [-0.2, -0.15) is 18.3 Å². The molecule has 0 N–H and O–H groups in total. The van der Waals surface area contributed by atoms with Crippen LogP contribution in [0.1, 0.15) is 38.8 Å². The smallest absolute Gasteiger partial charge is 0.431 e. The summed E-state index contributed by atoms with van der Waals surface area (Å²) in [5, 5.41) is 5.42. The number of piperidine rings is 1. The fourth-order valence-electron chi connectivity index (χ4n) is 4.44. The molecule has 1 saturated heterocycles. The third-order valence-electron chi connectivity index (χ3n) is 6.16. The standard InChI is InChI=1S/C23H28F3N5O/c1-4-20-16(3)22(23(24,25)26)29-31(20)17-5-7-18(8-6-17)32-19-9-11-30(12-10-19)21-14-27-13-15(2)28-21/h5-8,13-14,16,19-20H,4,9-12H2,1-3H3/t16?,20-/m0/s1. The fourth-order valence-corrected chi connectivity index (χ4v) is 4.44. The highest BCUT2D eigenvalue weighted by atomic mass is 19.4. The molecule has 0 saturated carbocycles. The molecular formula is C23H28F3N5O. The van der Waals surface area contributed by atoms with E-state index in [1.165, 1.54) is 5.01 Å². The minimum atomic E-state index is -4.41. The predicted molar refractivity (Wildman–Crippen MR) is 118 cm³/mol. The van der Waals surface area contributed by atoms with Gasteiger partial charge in [-0.05, 0) is 37.6 Å². The molecule has 0 radical (unpaired) electrons. The Balaban J connectivity index is 1.38. The molecule has 2 aliphatic heterocycles. The summed E-state index contributed by atoms with van der Waals surface area (Å²) in [6.45, 7) is 7.07. The number of hydrazone groups is 1. The van der Waals surface area contributed by atoms with Gasteiger partial charge in [-0.1, -0.05) is 13.8 Å². The lowest BCUT2D eigenvalue weighted by Gasteiger charge is -2.33. The first-order valence-corrected chi connectivity index (χ1v) is 11.0. The molecule has 1 aromatic carbocycles. The number of hydrogen-bond donors (Lipinski definition) is 0. The van der Waals surface area contributed by atoms with Gasteiger partial charge in [0.15, 0.2) is 0 Å². The molecule has 3 heterocycles. The van der Waals surface area contributed by atoms with Crippen LogP contribution in [-0.4, -0.2) is 47.1 Å². The van der Waals surface area contributed by atoms with Crippen LogP contribution in [0.25, 0.3) is 0 Å². The van der Waals surface area contributed by atoms with Crippen LogP contribution in [0.15, 0.2) is 41.8 Å². The van der Waals surface area contributed by atoms with E-state index >= 15 is 0 Å². The summed E-state index contributed by atoms with van der Waals surface area (Å²) in [4.78, 5) is 10.9. The van der Waals surface area contributed by atoms with Crippen molar-refractivity contribution in [3.8, 4) is 5.75 Å². The first-order chi connectivity index (χ1) is 15.3. The number of benzene rings is 1. The van der Waals surface area contributed by atoms with E-state index in [1.54, 1.807) is 31.5 Å². The second-order valence-corrected chi connectivity index (χ2v) is 8.41. The van der Waals surface area contributed by atoms with Crippen LogP contribution in [0.3, 0.4) is 0 Å². The second-order valence-electron chi connectivity index (χ2n) is 8.41. The molecule has 0 aliphatic carbocycles. The van der Waals surface area contributed by atoms with Crippen LogP contribution in [0.2, 0.25) is 0 Å². The summed E-state index contributed by atoms with van der Waals surface area (Å²) >= 11 is 0. The normalized spacial score (nSPS) is 22.2. The molecule has 32 heavy (non-hydrogen) atoms. The number of aromatic nitrogens is 2. The van der Waals surface area contributed by atoms with Crippen LogP contribution < -0.4 is 14.6 Å². The quantitative estimate of drug-likeness (QED) is 0.647. The fraction of sp³-hybridized carbons (Fsp3) is 0.522. The Bertz CT molecular complexity index is 955. The Hall–Kier alpha value is -2.84. The zero-order chi connectivity index (χ0) is 22.9. The average molecular weight is 448 g/mol. The van der Waals surface area contributed by atoms with Crippen LogP contribution in [0.5, 0.6) is 5.75 Å². The molecule has 172 valence electrons. The lowest BCUT2D eigenvalue weighted by atomic mass is 9.95. The van der Waals surface area contributed by atoms with Gasteiger partial charge in [0.25, 0.3) is 0 Å². The van der Waals surface area contributed by atoms with E-state index in [1.807, 2.05) is 26.0 Å². The zero-order valence-corrected chi connectivity index (χ0v) is 18.5. The molecule has 2 aromatic rings. The van der Waals surface area contributed by atoms with Crippen LogP contribution in [-0.2, 0) is 0 Å². The van der Waals surface area contributed by atoms with Gasteiger partial charge >= 0.3 is 6.18 Å². The van der Waals surface area contributed by atoms with Crippen molar-refractivity contribution in [3.05, 3.63) is 42.4 Å². The predicted octanol–water partition coefficient (Wildman–Crippen LogP) is 4.99. The number of alkyl halides is 3. The first kappa shape index (κ1) is 22.4. The van der Waals surface area contributed by atoms with Crippen LogP contribution in [0.4, 0.5) is 24.7 Å². The van der Waals surface area contributed by atoms with E-state index in [-0.39, 0.29) is 12.1 Å². The van der Waals surface area contributed by atoms with Crippen LogP contribution in [0, 0.1) is 12.8 Å². The van der Waals surface area contributed by atoms with Crippen molar-refractivity contribution in [1.82, 2.24) is 9.97 Å². The lowest BCUT2D eigenvalue weighted by Crippen LogP contribution is -2.38. The van der Waals surface area contributed by atoms with E-state index in [9.17, 15) is 13.2 Å². The summed E-state index contributed by atoms with van der Waals surface area (Å²) in [6.07, 6.45) is 1.48. The maximum Gasteiger partial charge on any atom is 0.431 e. The number of ether oxygens (including phenoxy) is 1. The molecule has 0 amide bonds. The Morgan fingerprint density at radius 1 is 1.09 bits per heavy atom. The van der Waals surface area contributed by atoms with E-state index in [4.69, 9.17) is 4.74 Å². The average Bonchev–Trinajstić information content (AvgIpc) is 3.11. The lowest BCUT2D eigenvalue weighted by molar-refractivity contribution is -0.0620. The number of aryl methyl sites for hydroxylation is 1. The summed E-state index contributed by atoms with van der Waals surface area (Å²) in [6, 6.07) is 6.88. The molecule has 2 aliphatic rings. The largest absolute Gasteiger partial charge is 0.490 e. The molecule has 1 unspecified atom stereocenters. The molecule has 9 heteroatoms. The van der Waals surface area contributed by atoms with Gasteiger partial charge in [-0.3, -0.25) is 9.99 Å². The summed E-state index contributed by atoms with van der Waals surface area (Å²) < 4.78 is 46.0. The third-order valence-corrected chi connectivity index (χ3v) is 6.16. The molecule has 6 nitrogen and oxygen atoms in total. The number of nitrogens with zero attached hydrogens (tertiary/aromatic N) is 5. The van der Waals surface area contributed by atoms with Crippen molar-refractivity contribution in [2.75, 3.05) is 23.0 Å². The van der Waals surface area contributed by atoms with Crippen molar-refractivity contribution in [3.63, 3.8) is 0 Å². The monoisotopic (exact) mass is 447 g/mol. The minimum Gasteiger partial charge on any atom is -0.490 e. The topological polar surface area (TPSA) is 53.9 Å². The van der Waals surface area contributed by atoms with Gasteiger partial charge in [0.05, 0.1) is 23.6 Å². The molecule has 4 rings (SSSR count). The number of anilines is 2. The van der Waals surface area contributed by atoms with Gasteiger partial charge in [0.2, 0.25) is 0 Å². The Labute approximate surface area is 186 Å². The highest BCUT2D eigenvalue weighted by Gasteiger charge is 2.47. The highest BCUT2D eigenvalue weighted by Crippen LogP contribution is 2.36. The van der Waals surface area contributed by atoms with Gasteiger partial charge in [-0.25, -0.2) is 4.98 Å². The van der Waals surface area contributed by atoms with Gasteiger partial charge in [-0.15, -0.1) is 0 Å². The number of halogens is 3. The van der Waals surface area contributed by atoms with E-state index in [0.29, 0.717) is 17.9 Å². The van der Waals surface area contributed by atoms with Gasteiger partial charge < -0.3 is 9.64 Å². The molecule has 0 bridgehead atoms. The van der Waals surface area contributed by atoms with Gasteiger partial charge in [0.1, 0.15) is 23.4 Å². The number of hydrogen-bond acceptors (Lipinski definition) is 6. The van der Waals surface area contributed by atoms with Crippen molar-refractivity contribution in [2.24, 2.45) is 11.0 Å². The van der Waals surface area contributed by atoms with E-state index in [2.05, 4.69) is 20.0 Å². The Morgan fingerprint density at radius 3 is 2.38 bits per heavy atom. The molecule has 1 aromatic heterocycles. The highest BCUT2D eigenvalue weighted by molar-refractivity contribution is 5.95. The maximum absolute atomic E-state index is 13.3. The molecular weight excluding hydrogens is 419 g/mol. The number of rotatable bonds is 5. The minimum absolute atomic E-state index is 0.0833. The van der Waals surface area contributed by atoms with Gasteiger partial charge in [0, 0.05) is 38.0 Å². The van der Waals surface area contributed by atoms with Crippen LogP contribution >= 0.6 is 0 Å². The Kier molecular flexibility index (Phi) is 6.26. The second kappa shape index (κ2) is 8.96. The molecule has 2 atom stereocenters. The Morgan fingerprint density at radius 2 is 1.78 bits per heavy atom. The summed E-state index contributed by atoms with van der Waals surface area (Å²) in [5.41, 5.74) is 0.822. The molecule has 1 fully saturated rings.